The summed E-state index contributed by atoms with van der Waals surface area (Å²) in [6.45, 7) is 3.96. The van der Waals surface area contributed by atoms with Gasteiger partial charge in [-0.05, 0) is 26.1 Å². The van der Waals surface area contributed by atoms with Crippen molar-refractivity contribution in [3.05, 3.63) is 15.5 Å². The highest BCUT2D eigenvalue weighted by Crippen LogP contribution is 2.26. The molecule has 0 unspecified atom stereocenters. The third-order valence-electron chi connectivity index (χ3n) is 1.89. The molecular formula is C8H10N4S2. The fraction of sp³-hybridized carbons (Fsp3) is 0.375. The second-order valence-corrected chi connectivity index (χ2v) is 4.63. The van der Waals surface area contributed by atoms with Crippen LogP contribution in [0.5, 0.6) is 0 Å². The highest BCUT2D eigenvalue weighted by atomic mass is 32.1. The molecule has 1 N–H and O–H groups in total. The van der Waals surface area contributed by atoms with Gasteiger partial charge >= 0.3 is 0 Å². The molecule has 0 fully saturated rings. The van der Waals surface area contributed by atoms with Crippen molar-refractivity contribution in [1.29, 1.82) is 0 Å². The molecule has 0 atom stereocenters. The van der Waals surface area contributed by atoms with Gasteiger partial charge in [0, 0.05) is 7.05 Å². The first kappa shape index (κ1) is 9.54. The van der Waals surface area contributed by atoms with Gasteiger partial charge in [0.15, 0.2) is 5.82 Å². The molecule has 14 heavy (non-hydrogen) atoms. The van der Waals surface area contributed by atoms with Crippen molar-refractivity contribution in [2.75, 3.05) is 0 Å². The number of hydrogen-bond acceptors (Lipinski definition) is 4. The summed E-state index contributed by atoms with van der Waals surface area (Å²) in [6, 6.07) is 0. The summed E-state index contributed by atoms with van der Waals surface area (Å²) in [5.74, 6) is 0.806. The van der Waals surface area contributed by atoms with Crippen LogP contribution in [-0.4, -0.2) is 19.7 Å². The number of H-pyrrole nitrogens is 1. The maximum absolute atomic E-state index is 5.03. The van der Waals surface area contributed by atoms with E-state index in [2.05, 4.69) is 15.1 Å². The van der Waals surface area contributed by atoms with Crippen LogP contribution in [-0.2, 0) is 7.05 Å². The topological polar surface area (TPSA) is 46.5 Å². The van der Waals surface area contributed by atoms with E-state index in [0.29, 0.717) is 4.77 Å². The van der Waals surface area contributed by atoms with E-state index in [-0.39, 0.29) is 0 Å². The molecule has 0 bridgehead atoms. The number of rotatable bonds is 1. The monoisotopic (exact) mass is 226 g/mol. The summed E-state index contributed by atoms with van der Waals surface area (Å²) < 4.78 is 2.28. The van der Waals surface area contributed by atoms with Crippen LogP contribution >= 0.6 is 23.6 Å². The number of aromatic amines is 1. The van der Waals surface area contributed by atoms with Gasteiger partial charge in [0.25, 0.3) is 0 Å². The fourth-order valence-corrected chi connectivity index (χ4v) is 2.25. The molecule has 0 saturated carbocycles. The van der Waals surface area contributed by atoms with Crippen molar-refractivity contribution in [3.8, 4) is 10.7 Å². The molecule has 0 spiro atoms. The van der Waals surface area contributed by atoms with E-state index in [1.54, 1.807) is 16.0 Å². The largest absolute Gasteiger partial charge is 0.279 e. The van der Waals surface area contributed by atoms with Crippen LogP contribution < -0.4 is 0 Å². The molecule has 6 heteroatoms. The van der Waals surface area contributed by atoms with Gasteiger partial charge in [-0.3, -0.25) is 9.78 Å². The molecule has 74 valence electrons. The van der Waals surface area contributed by atoms with Gasteiger partial charge < -0.3 is 0 Å². The zero-order chi connectivity index (χ0) is 10.3. The van der Waals surface area contributed by atoms with Crippen molar-refractivity contribution >= 4 is 23.6 Å². The van der Waals surface area contributed by atoms with Crippen LogP contribution in [0.25, 0.3) is 10.7 Å². The van der Waals surface area contributed by atoms with Gasteiger partial charge in [-0.15, -0.1) is 11.3 Å². The van der Waals surface area contributed by atoms with Crippen molar-refractivity contribution < 1.29 is 0 Å². The number of nitrogens with one attached hydrogen (secondary N) is 1. The van der Waals surface area contributed by atoms with E-state index in [9.17, 15) is 0 Å². The van der Waals surface area contributed by atoms with Crippen molar-refractivity contribution in [3.63, 3.8) is 0 Å². The Morgan fingerprint density at radius 2 is 2.07 bits per heavy atom. The summed E-state index contributed by atoms with van der Waals surface area (Å²) in [4.78, 5) is 9.65. The third kappa shape index (κ3) is 1.51. The summed E-state index contributed by atoms with van der Waals surface area (Å²) >= 11 is 6.65. The summed E-state index contributed by atoms with van der Waals surface area (Å²) in [7, 11) is 1.85. The van der Waals surface area contributed by atoms with E-state index < -0.39 is 0 Å². The summed E-state index contributed by atoms with van der Waals surface area (Å²) in [5, 5.41) is 4.13. The first-order chi connectivity index (χ1) is 6.58. The average Bonchev–Trinajstić information content (AvgIpc) is 2.57. The van der Waals surface area contributed by atoms with Crippen LogP contribution in [0.4, 0.5) is 0 Å². The minimum absolute atomic E-state index is 0.561. The second kappa shape index (κ2) is 3.29. The molecule has 0 amide bonds. The van der Waals surface area contributed by atoms with Crippen LogP contribution in [0.1, 0.15) is 10.7 Å². The Bertz CT molecular complexity index is 520. The van der Waals surface area contributed by atoms with Crippen LogP contribution in [0.2, 0.25) is 0 Å². The maximum atomic E-state index is 5.03. The normalized spacial score (nSPS) is 10.8. The molecule has 0 aliphatic heterocycles. The standard InChI is InChI=1S/C8H10N4S2/c1-4-6(14-5(2)9-4)7-10-8(13)12(3)11-7/h1-3H3,(H,10,11,13). The smallest absolute Gasteiger partial charge is 0.216 e. The van der Waals surface area contributed by atoms with Crippen LogP contribution in [0.3, 0.4) is 0 Å². The molecule has 2 heterocycles. The Kier molecular flexibility index (Phi) is 2.24. The fourth-order valence-electron chi connectivity index (χ4n) is 1.25. The van der Waals surface area contributed by atoms with Gasteiger partial charge in [0.2, 0.25) is 4.77 Å². The molecule has 0 aliphatic carbocycles. The van der Waals surface area contributed by atoms with Crippen molar-refractivity contribution in [1.82, 2.24) is 19.7 Å². The SMILES string of the molecule is Cc1nc(C)c(-c2nc(=S)n(C)[nH]2)s1. The molecule has 0 aromatic carbocycles. The molecular weight excluding hydrogens is 216 g/mol. The predicted molar refractivity (Wildman–Crippen MR) is 59.0 cm³/mol. The van der Waals surface area contributed by atoms with Gasteiger partial charge in [0.05, 0.1) is 15.6 Å². The third-order valence-corrected chi connectivity index (χ3v) is 3.33. The molecule has 0 saturated heterocycles. The number of nitrogens with zero attached hydrogens (tertiary/aromatic N) is 3. The summed E-state index contributed by atoms with van der Waals surface area (Å²) in [6.07, 6.45) is 0. The number of aryl methyl sites for hydroxylation is 3. The van der Waals surface area contributed by atoms with E-state index in [4.69, 9.17) is 12.2 Å². The number of thiazole rings is 1. The van der Waals surface area contributed by atoms with Gasteiger partial charge in [0.1, 0.15) is 0 Å². The zero-order valence-electron chi connectivity index (χ0n) is 8.16. The van der Waals surface area contributed by atoms with Crippen molar-refractivity contribution in [2.45, 2.75) is 13.8 Å². The van der Waals surface area contributed by atoms with E-state index in [1.165, 1.54) is 0 Å². The quantitative estimate of drug-likeness (QED) is 0.758. The Hall–Kier alpha value is -1.01. The highest BCUT2D eigenvalue weighted by Gasteiger charge is 2.10. The predicted octanol–water partition coefficient (Wildman–Crippen LogP) is 2.22. The van der Waals surface area contributed by atoms with Gasteiger partial charge in [-0.25, -0.2) is 4.98 Å². The molecule has 2 aromatic heterocycles. The molecule has 2 aromatic rings. The number of aromatic nitrogens is 4. The average molecular weight is 226 g/mol. The van der Waals surface area contributed by atoms with E-state index in [0.717, 1.165) is 21.4 Å². The highest BCUT2D eigenvalue weighted by molar-refractivity contribution is 7.71. The van der Waals surface area contributed by atoms with E-state index >= 15 is 0 Å². The lowest BCUT2D eigenvalue weighted by Gasteiger charge is -1.90. The Labute approximate surface area is 90.6 Å². The Morgan fingerprint density at radius 1 is 1.36 bits per heavy atom. The minimum Gasteiger partial charge on any atom is -0.279 e. The molecule has 0 radical (unpaired) electrons. The molecule has 0 aliphatic rings. The second-order valence-electron chi connectivity index (χ2n) is 3.06. The van der Waals surface area contributed by atoms with Gasteiger partial charge in [-0.1, -0.05) is 0 Å². The Balaban J connectivity index is 2.59. The van der Waals surface area contributed by atoms with Crippen LogP contribution in [0.15, 0.2) is 0 Å². The van der Waals surface area contributed by atoms with Gasteiger partial charge in [-0.2, -0.15) is 4.98 Å². The van der Waals surface area contributed by atoms with E-state index in [1.807, 2.05) is 20.9 Å². The summed E-state index contributed by atoms with van der Waals surface area (Å²) in [5.41, 5.74) is 0.997. The zero-order valence-corrected chi connectivity index (χ0v) is 9.79. The minimum atomic E-state index is 0.561. The lowest BCUT2D eigenvalue weighted by molar-refractivity contribution is 0.756. The first-order valence-corrected chi connectivity index (χ1v) is 5.38. The Morgan fingerprint density at radius 3 is 2.50 bits per heavy atom. The van der Waals surface area contributed by atoms with Crippen LogP contribution in [0, 0.1) is 18.6 Å². The number of hydrogen-bond donors (Lipinski definition) is 1. The molecule has 4 nitrogen and oxygen atoms in total. The first-order valence-electron chi connectivity index (χ1n) is 4.15. The molecule has 2 rings (SSSR count). The van der Waals surface area contributed by atoms with Crippen molar-refractivity contribution in [2.24, 2.45) is 7.05 Å². The lowest BCUT2D eigenvalue weighted by atomic mass is 10.4. The maximum Gasteiger partial charge on any atom is 0.216 e. The lowest BCUT2D eigenvalue weighted by Crippen LogP contribution is -1.89.